The molecule has 4 N–H and O–H groups in total. The number of hydrogen-bond acceptors (Lipinski definition) is 6. The molecule has 0 spiro atoms. The highest BCUT2D eigenvalue weighted by atomic mass is 19.1. The third-order valence-corrected chi connectivity index (χ3v) is 8.57. The summed E-state index contributed by atoms with van der Waals surface area (Å²) < 4.78 is 34.7. The largest absolute Gasteiger partial charge is 0.478 e. The van der Waals surface area contributed by atoms with Crippen LogP contribution in [0.15, 0.2) is 65.3 Å². The van der Waals surface area contributed by atoms with Gasteiger partial charge in [0.05, 0.1) is 18.7 Å². The van der Waals surface area contributed by atoms with Crippen molar-refractivity contribution in [1.82, 2.24) is 10.2 Å². The highest BCUT2D eigenvalue weighted by Gasteiger charge is 2.56. The summed E-state index contributed by atoms with van der Waals surface area (Å²) >= 11 is 0. The molecule has 3 atom stereocenters. The number of nitrogens with zero attached hydrogens (tertiary/aromatic N) is 2. The first kappa shape index (κ1) is 36.4. The van der Waals surface area contributed by atoms with Crippen molar-refractivity contribution in [3.8, 4) is 0 Å². The number of methoxy groups -OCH3 is 1. The number of rotatable bonds is 14. The molecule has 2 aromatic rings. The molecule has 1 unspecified atom stereocenters. The van der Waals surface area contributed by atoms with Crippen molar-refractivity contribution in [2.45, 2.75) is 65.0 Å². The Morgan fingerprint density at radius 3 is 2.24 bits per heavy atom. The zero-order valence-electron chi connectivity index (χ0n) is 27.5. The molecule has 9 nitrogen and oxygen atoms in total. The molecule has 3 rings (SSSR count). The molecule has 1 aliphatic rings. The van der Waals surface area contributed by atoms with Crippen molar-refractivity contribution < 1.29 is 33.0 Å². The van der Waals surface area contributed by atoms with E-state index in [4.69, 9.17) is 10.5 Å². The second-order valence-electron chi connectivity index (χ2n) is 11.7. The van der Waals surface area contributed by atoms with Gasteiger partial charge in [0.1, 0.15) is 17.0 Å². The van der Waals surface area contributed by atoms with Crippen LogP contribution in [0, 0.1) is 17.6 Å². The average molecular weight is 641 g/mol. The molecule has 1 aliphatic carbocycles. The molecule has 0 fully saturated rings. The number of amides is 2. The predicted octanol–water partition coefficient (Wildman–Crippen LogP) is 5.54. The summed E-state index contributed by atoms with van der Waals surface area (Å²) in [5.74, 6) is -3.94. The normalized spacial score (nSPS) is 18.5. The zero-order valence-corrected chi connectivity index (χ0v) is 27.5. The molecule has 2 aromatic carbocycles. The Labute approximate surface area is 270 Å². The van der Waals surface area contributed by atoms with Gasteiger partial charge in [0.25, 0.3) is 0 Å². The first-order valence-corrected chi connectivity index (χ1v) is 15.7. The highest BCUT2D eigenvalue weighted by Crippen LogP contribution is 2.48. The average Bonchev–Trinajstić information content (AvgIpc) is 3.02. The van der Waals surface area contributed by atoms with Crippen LogP contribution in [0.25, 0.3) is 0 Å². The lowest BCUT2D eigenvalue weighted by atomic mass is 9.58. The van der Waals surface area contributed by atoms with E-state index < -0.39 is 41.1 Å². The fourth-order valence-electron chi connectivity index (χ4n) is 6.50. The number of carbonyl (C=O) groups excluding carboxylic acids is 2. The van der Waals surface area contributed by atoms with Crippen LogP contribution in [-0.2, 0) is 26.3 Å². The van der Waals surface area contributed by atoms with Crippen molar-refractivity contribution in [2.75, 3.05) is 38.7 Å². The number of allylic oxidation sites excluding steroid dienone is 2. The number of halogens is 2. The standard InChI is InChI=1S/C35H46F2N4O5/c1-7-13-41(14-8-2)33(44)35(25-17-26(36)19-27(37)18-25)30(22(4)15-29(31(35)38)32(42)43)24(9-3)21-39-20-23-11-10-12-28(16-23)40(5)34(45)46-6/h10-12,15-19,24,31,39H,7-9,13-14,20-21,38H2,1-6H3,(H,42,43)/t24-,31+,35?/m0/s1. The number of benzene rings is 2. The maximum absolute atomic E-state index is 15.0. The van der Waals surface area contributed by atoms with Gasteiger partial charge in [-0.3, -0.25) is 9.69 Å². The van der Waals surface area contributed by atoms with E-state index in [1.54, 1.807) is 24.9 Å². The lowest BCUT2D eigenvalue weighted by molar-refractivity contribution is -0.137. The van der Waals surface area contributed by atoms with Crippen molar-refractivity contribution in [3.63, 3.8) is 0 Å². The van der Waals surface area contributed by atoms with Gasteiger partial charge in [0.15, 0.2) is 0 Å². The number of nitrogens with one attached hydrogen (secondary N) is 1. The van der Waals surface area contributed by atoms with Gasteiger partial charge in [0.2, 0.25) is 5.91 Å². The molecule has 46 heavy (non-hydrogen) atoms. The van der Waals surface area contributed by atoms with E-state index in [-0.39, 0.29) is 17.1 Å². The summed E-state index contributed by atoms with van der Waals surface area (Å²) in [6, 6.07) is 8.86. The fraction of sp³-hybridized carbons (Fsp3) is 0.457. The molecular weight excluding hydrogens is 594 g/mol. The third kappa shape index (κ3) is 7.47. The van der Waals surface area contributed by atoms with Crippen LogP contribution in [0.1, 0.15) is 58.1 Å². The van der Waals surface area contributed by atoms with Gasteiger partial charge in [-0.15, -0.1) is 0 Å². The van der Waals surface area contributed by atoms with E-state index in [2.05, 4.69) is 5.32 Å². The smallest absolute Gasteiger partial charge is 0.413 e. The second-order valence-corrected chi connectivity index (χ2v) is 11.7. The van der Waals surface area contributed by atoms with Gasteiger partial charge in [-0.25, -0.2) is 18.4 Å². The van der Waals surface area contributed by atoms with Gasteiger partial charge in [0, 0.05) is 45.0 Å². The summed E-state index contributed by atoms with van der Waals surface area (Å²) in [7, 11) is 2.92. The van der Waals surface area contributed by atoms with E-state index in [1.807, 2.05) is 39.0 Å². The molecular formula is C35H46F2N4O5. The van der Waals surface area contributed by atoms with Crippen molar-refractivity contribution in [1.29, 1.82) is 0 Å². The molecule has 0 radical (unpaired) electrons. The minimum Gasteiger partial charge on any atom is -0.478 e. The number of hydrogen-bond donors (Lipinski definition) is 3. The van der Waals surface area contributed by atoms with E-state index in [9.17, 15) is 28.3 Å². The Kier molecular flexibility index (Phi) is 12.6. The molecule has 0 saturated carbocycles. The van der Waals surface area contributed by atoms with E-state index in [0.717, 1.165) is 23.8 Å². The maximum Gasteiger partial charge on any atom is 0.413 e. The molecule has 11 heteroatoms. The minimum atomic E-state index is -1.88. The van der Waals surface area contributed by atoms with Gasteiger partial charge in [-0.2, -0.15) is 0 Å². The Morgan fingerprint density at radius 1 is 1.07 bits per heavy atom. The highest BCUT2D eigenvalue weighted by molar-refractivity contribution is 5.99. The number of carbonyl (C=O) groups is 3. The van der Waals surface area contributed by atoms with E-state index in [0.29, 0.717) is 62.3 Å². The molecule has 0 heterocycles. The van der Waals surface area contributed by atoms with E-state index >= 15 is 0 Å². The van der Waals surface area contributed by atoms with Crippen molar-refractivity contribution in [2.24, 2.45) is 11.7 Å². The molecule has 2 amide bonds. The van der Waals surface area contributed by atoms with Gasteiger partial charge in [-0.05, 0) is 84.7 Å². The monoisotopic (exact) mass is 640 g/mol. The van der Waals surface area contributed by atoms with Gasteiger partial charge in [-0.1, -0.05) is 32.9 Å². The third-order valence-electron chi connectivity index (χ3n) is 8.57. The molecule has 250 valence electrons. The number of nitrogens with two attached hydrogens (primary N) is 1. The number of carboxylic acids is 1. The fourth-order valence-corrected chi connectivity index (χ4v) is 6.50. The Balaban J connectivity index is 2.18. The lowest BCUT2D eigenvalue weighted by Gasteiger charge is -2.48. The Hall–Kier alpha value is -4.09. The quantitative estimate of drug-likeness (QED) is 0.248. The van der Waals surface area contributed by atoms with Crippen LogP contribution in [0.2, 0.25) is 0 Å². The predicted molar refractivity (Wildman–Crippen MR) is 174 cm³/mol. The molecule has 0 aromatic heterocycles. The Bertz CT molecular complexity index is 1470. The van der Waals surface area contributed by atoms with Crippen LogP contribution >= 0.6 is 0 Å². The Morgan fingerprint density at radius 2 is 1.70 bits per heavy atom. The maximum atomic E-state index is 15.0. The summed E-state index contributed by atoms with van der Waals surface area (Å²) in [4.78, 5) is 42.5. The zero-order chi connectivity index (χ0) is 34.2. The minimum absolute atomic E-state index is 0.0158. The number of ether oxygens (including phenoxy) is 1. The summed E-state index contributed by atoms with van der Waals surface area (Å²) in [6.45, 7) is 8.99. The summed E-state index contributed by atoms with van der Waals surface area (Å²) in [6.07, 6.45) is 2.73. The molecule has 0 aliphatic heterocycles. The number of carboxylic acid groups (broad SMARTS) is 1. The van der Waals surface area contributed by atoms with E-state index in [1.165, 1.54) is 18.1 Å². The SMILES string of the molecule is CCCN(CCC)C(=O)C1(c2cc(F)cc(F)c2)C([C@@H](CC)CNCc2cccc(N(C)C(=O)OC)c2)=C(C)C=C(C(=O)O)[C@H]1N. The van der Waals surface area contributed by atoms with Crippen LogP contribution < -0.4 is 16.0 Å². The van der Waals surface area contributed by atoms with Crippen LogP contribution in [-0.4, -0.2) is 67.8 Å². The van der Waals surface area contributed by atoms with Crippen molar-refractivity contribution in [3.05, 3.63) is 88.0 Å². The first-order valence-electron chi connectivity index (χ1n) is 15.7. The summed E-state index contributed by atoms with van der Waals surface area (Å²) in [5, 5.41) is 13.7. The lowest BCUT2D eigenvalue weighted by Crippen LogP contribution is -2.62. The first-order chi connectivity index (χ1) is 21.9. The van der Waals surface area contributed by atoms with Crippen LogP contribution in [0.5, 0.6) is 0 Å². The number of aliphatic carboxylic acids is 1. The van der Waals surface area contributed by atoms with Gasteiger partial charge < -0.3 is 25.8 Å². The number of anilines is 1. The summed E-state index contributed by atoms with van der Waals surface area (Å²) in [5.41, 5.74) is 7.30. The molecule has 0 bridgehead atoms. The van der Waals surface area contributed by atoms with Crippen molar-refractivity contribution >= 4 is 23.7 Å². The second kappa shape index (κ2) is 16.0. The molecule has 0 saturated heterocycles. The van der Waals surface area contributed by atoms with Crippen LogP contribution in [0.4, 0.5) is 19.3 Å². The van der Waals surface area contributed by atoms with Crippen LogP contribution in [0.3, 0.4) is 0 Å². The van der Waals surface area contributed by atoms with Gasteiger partial charge >= 0.3 is 12.1 Å². The topological polar surface area (TPSA) is 125 Å².